The van der Waals surface area contributed by atoms with Crippen molar-refractivity contribution in [2.45, 2.75) is 32.7 Å². The van der Waals surface area contributed by atoms with E-state index in [1.54, 1.807) is 19.3 Å². The average Bonchev–Trinajstić information content (AvgIpc) is 2.36. The Morgan fingerprint density at radius 1 is 1.39 bits per heavy atom. The summed E-state index contributed by atoms with van der Waals surface area (Å²) in [5.41, 5.74) is 3.60. The molecule has 1 aromatic rings. The van der Waals surface area contributed by atoms with Crippen molar-refractivity contribution in [1.82, 2.24) is 15.4 Å². The molecule has 0 spiro atoms. The summed E-state index contributed by atoms with van der Waals surface area (Å²) >= 11 is 0. The number of nitrogens with two attached hydrogens (primary N) is 1. The first-order valence-corrected chi connectivity index (χ1v) is 7.75. The van der Waals surface area contributed by atoms with E-state index in [0.717, 1.165) is 5.56 Å². The van der Waals surface area contributed by atoms with Gasteiger partial charge in [0.1, 0.15) is 15.7 Å². The van der Waals surface area contributed by atoms with Gasteiger partial charge in [0, 0.05) is 18.1 Å². The molecule has 0 radical (unpaired) electrons. The highest BCUT2D eigenvalue weighted by molar-refractivity contribution is 7.91. The first-order valence-electron chi connectivity index (χ1n) is 5.93. The third-order valence-electron chi connectivity index (χ3n) is 2.70. The van der Waals surface area contributed by atoms with Crippen molar-refractivity contribution in [3.05, 3.63) is 23.8 Å². The summed E-state index contributed by atoms with van der Waals surface area (Å²) in [6.07, 6.45) is 4.58. The minimum absolute atomic E-state index is 0.174. The summed E-state index contributed by atoms with van der Waals surface area (Å²) in [6, 6.07) is -0.211. The smallest absolute Gasteiger partial charge is 0.150 e. The van der Waals surface area contributed by atoms with E-state index in [9.17, 15) is 8.42 Å². The van der Waals surface area contributed by atoms with Crippen molar-refractivity contribution >= 4 is 9.84 Å². The lowest BCUT2D eigenvalue weighted by molar-refractivity contribution is 0.483. The number of rotatable bonds is 7. The maximum atomic E-state index is 11.4. The lowest BCUT2D eigenvalue weighted by Crippen LogP contribution is -2.30. The van der Waals surface area contributed by atoms with E-state index in [2.05, 4.69) is 15.4 Å². The second kappa shape index (κ2) is 6.77. The first-order chi connectivity index (χ1) is 8.48. The molecule has 1 unspecified atom stereocenters. The fraction of sp³-hybridized carbons (Fsp3) is 0.636. The molecule has 0 amide bonds. The monoisotopic (exact) mass is 272 g/mol. The van der Waals surface area contributed by atoms with Crippen LogP contribution in [0.4, 0.5) is 0 Å². The van der Waals surface area contributed by atoms with Crippen LogP contribution in [0.1, 0.15) is 37.2 Å². The van der Waals surface area contributed by atoms with Gasteiger partial charge < -0.3 is 0 Å². The highest BCUT2D eigenvalue weighted by Gasteiger charge is 2.14. The standard InChI is InChI=1S/C11H20N4O2S/c1-3-18(16,17)6-4-5-10(15-12)11-13-7-9(2)8-14-11/h7-8,10,15H,3-6,12H2,1-2H3. The number of hydrogen-bond acceptors (Lipinski definition) is 6. The zero-order chi connectivity index (χ0) is 13.6. The topological polar surface area (TPSA) is 98.0 Å². The lowest BCUT2D eigenvalue weighted by Gasteiger charge is -2.14. The molecule has 18 heavy (non-hydrogen) atoms. The Morgan fingerprint density at radius 2 is 2.00 bits per heavy atom. The number of aromatic nitrogens is 2. The molecule has 0 bridgehead atoms. The lowest BCUT2D eigenvalue weighted by atomic mass is 10.1. The Labute approximate surface area is 108 Å². The summed E-state index contributed by atoms with van der Waals surface area (Å²) in [5.74, 6) is 6.39. The van der Waals surface area contributed by atoms with Gasteiger partial charge in [0.2, 0.25) is 0 Å². The molecule has 0 aliphatic heterocycles. The Kier molecular flexibility index (Phi) is 5.64. The molecule has 3 N–H and O–H groups in total. The summed E-state index contributed by atoms with van der Waals surface area (Å²) < 4.78 is 22.7. The van der Waals surface area contributed by atoms with Gasteiger partial charge in [-0.25, -0.2) is 23.8 Å². The van der Waals surface area contributed by atoms with Gasteiger partial charge in [0.05, 0.1) is 11.8 Å². The summed E-state index contributed by atoms with van der Waals surface area (Å²) in [7, 11) is -2.92. The normalized spacial score (nSPS) is 13.5. The molecular formula is C11H20N4O2S. The quantitative estimate of drug-likeness (QED) is 0.554. The number of sulfone groups is 1. The second-order valence-corrected chi connectivity index (χ2v) is 6.69. The number of hydrogen-bond donors (Lipinski definition) is 2. The van der Waals surface area contributed by atoms with Crippen LogP contribution in [0, 0.1) is 6.92 Å². The summed E-state index contributed by atoms with van der Waals surface area (Å²) in [4.78, 5) is 8.36. The number of nitrogens with zero attached hydrogens (tertiary/aromatic N) is 2. The van der Waals surface area contributed by atoms with Crippen molar-refractivity contribution < 1.29 is 8.42 Å². The second-order valence-electron chi connectivity index (χ2n) is 4.22. The third kappa shape index (κ3) is 4.67. The molecule has 1 atom stereocenters. The third-order valence-corrected chi connectivity index (χ3v) is 4.49. The van der Waals surface area contributed by atoms with Crippen LogP contribution in [0.5, 0.6) is 0 Å². The summed E-state index contributed by atoms with van der Waals surface area (Å²) in [6.45, 7) is 3.56. The van der Waals surface area contributed by atoms with Crippen molar-refractivity contribution in [1.29, 1.82) is 0 Å². The van der Waals surface area contributed by atoms with E-state index in [-0.39, 0.29) is 17.5 Å². The minimum atomic E-state index is -2.92. The van der Waals surface area contributed by atoms with Crippen LogP contribution < -0.4 is 11.3 Å². The Morgan fingerprint density at radius 3 is 2.50 bits per heavy atom. The van der Waals surface area contributed by atoms with Gasteiger partial charge in [-0.2, -0.15) is 0 Å². The maximum Gasteiger partial charge on any atom is 0.150 e. The van der Waals surface area contributed by atoms with E-state index in [0.29, 0.717) is 18.7 Å². The van der Waals surface area contributed by atoms with Crippen LogP contribution in [0.25, 0.3) is 0 Å². The largest absolute Gasteiger partial charge is 0.271 e. The number of hydrazine groups is 1. The Balaban J connectivity index is 2.55. The molecule has 0 fully saturated rings. The van der Waals surface area contributed by atoms with Crippen LogP contribution in [0.2, 0.25) is 0 Å². The molecule has 0 aromatic carbocycles. The van der Waals surface area contributed by atoms with E-state index in [1.807, 2.05) is 6.92 Å². The molecule has 1 rings (SSSR count). The molecule has 1 aromatic heterocycles. The predicted octanol–water partition coefficient (Wildman–Crippen LogP) is 0.504. The van der Waals surface area contributed by atoms with Gasteiger partial charge in [-0.3, -0.25) is 5.84 Å². The molecule has 7 heteroatoms. The fourth-order valence-corrected chi connectivity index (χ4v) is 2.42. The Bertz CT molecular complexity index is 458. The summed E-state index contributed by atoms with van der Waals surface area (Å²) in [5, 5.41) is 0. The zero-order valence-corrected chi connectivity index (χ0v) is 11.6. The van der Waals surface area contributed by atoms with Crippen LogP contribution in [0.15, 0.2) is 12.4 Å². The van der Waals surface area contributed by atoms with Gasteiger partial charge in [0.15, 0.2) is 0 Å². The molecule has 0 aliphatic rings. The molecular weight excluding hydrogens is 252 g/mol. The van der Waals surface area contributed by atoms with Crippen LogP contribution in [-0.4, -0.2) is 29.9 Å². The molecule has 0 aliphatic carbocycles. The zero-order valence-electron chi connectivity index (χ0n) is 10.8. The van der Waals surface area contributed by atoms with Crippen molar-refractivity contribution in [2.75, 3.05) is 11.5 Å². The predicted molar refractivity (Wildman–Crippen MR) is 70.4 cm³/mol. The first kappa shape index (κ1) is 15.0. The van der Waals surface area contributed by atoms with Crippen molar-refractivity contribution in [3.63, 3.8) is 0 Å². The van der Waals surface area contributed by atoms with Crippen molar-refractivity contribution in [3.8, 4) is 0 Å². The number of nitrogens with one attached hydrogen (secondary N) is 1. The highest BCUT2D eigenvalue weighted by atomic mass is 32.2. The van der Waals surface area contributed by atoms with E-state index >= 15 is 0 Å². The van der Waals surface area contributed by atoms with Crippen LogP contribution in [-0.2, 0) is 9.84 Å². The fourth-order valence-electron chi connectivity index (χ4n) is 1.52. The SMILES string of the molecule is CCS(=O)(=O)CCCC(NN)c1ncc(C)cn1. The van der Waals surface area contributed by atoms with Gasteiger partial charge in [0.25, 0.3) is 0 Å². The van der Waals surface area contributed by atoms with Gasteiger partial charge >= 0.3 is 0 Å². The highest BCUT2D eigenvalue weighted by Crippen LogP contribution is 2.14. The van der Waals surface area contributed by atoms with Crippen molar-refractivity contribution in [2.24, 2.45) is 5.84 Å². The molecule has 6 nitrogen and oxygen atoms in total. The van der Waals surface area contributed by atoms with Crippen LogP contribution >= 0.6 is 0 Å². The van der Waals surface area contributed by atoms with E-state index in [1.165, 1.54) is 0 Å². The average molecular weight is 272 g/mol. The molecule has 0 saturated heterocycles. The maximum absolute atomic E-state index is 11.4. The van der Waals surface area contributed by atoms with Gasteiger partial charge in [-0.1, -0.05) is 6.92 Å². The van der Waals surface area contributed by atoms with Gasteiger partial charge in [-0.15, -0.1) is 0 Å². The van der Waals surface area contributed by atoms with Crippen LogP contribution in [0.3, 0.4) is 0 Å². The molecule has 102 valence electrons. The minimum Gasteiger partial charge on any atom is -0.271 e. The number of aryl methyl sites for hydroxylation is 1. The molecule has 1 heterocycles. The Hall–Kier alpha value is -1.05. The van der Waals surface area contributed by atoms with E-state index < -0.39 is 9.84 Å². The van der Waals surface area contributed by atoms with Gasteiger partial charge in [-0.05, 0) is 25.3 Å². The molecule has 0 saturated carbocycles. The van der Waals surface area contributed by atoms with E-state index in [4.69, 9.17) is 5.84 Å².